The van der Waals surface area contributed by atoms with Crippen LogP contribution in [0.3, 0.4) is 0 Å². The smallest absolute Gasteiger partial charge is 0.256 e. The molecule has 1 aromatic rings. The molecule has 4 nitrogen and oxygen atoms in total. The van der Waals surface area contributed by atoms with Crippen LogP contribution in [-0.2, 0) is 0 Å². The van der Waals surface area contributed by atoms with Gasteiger partial charge >= 0.3 is 0 Å². The molecule has 5 heteroatoms. The van der Waals surface area contributed by atoms with Gasteiger partial charge in [-0.25, -0.2) is 4.39 Å². The second kappa shape index (κ2) is 6.22. The van der Waals surface area contributed by atoms with Crippen LogP contribution in [0.25, 0.3) is 0 Å². The first-order valence-electron chi connectivity index (χ1n) is 7.09. The highest BCUT2D eigenvalue weighted by molar-refractivity contribution is 5.99. The minimum absolute atomic E-state index is 0.0727. The van der Waals surface area contributed by atoms with Crippen LogP contribution in [0.15, 0.2) is 18.2 Å². The maximum atomic E-state index is 13.6. The minimum atomic E-state index is -0.504. The standard InChI is InChI=1S/C15H22FN3O/c1-10(2)11-6-8-19(9-7-11)15(20)12-4-3-5-13(16)14(12)18-17/h3-5,10-11,18H,6-9,17H2,1-2H3. The van der Waals surface area contributed by atoms with Crippen LogP contribution in [0, 0.1) is 17.7 Å². The third-order valence-electron chi connectivity index (χ3n) is 4.16. The fourth-order valence-electron chi connectivity index (χ4n) is 2.79. The maximum Gasteiger partial charge on any atom is 0.256 e. The van der Waals surface area contributed by atoms with E-state index in [-0.39, 0.29) is 11.6 Å². The van der Waals surface area contributed by atoms with Crippen molar-refractivity contribution in [3.8, 4) is 0 Å². The number of nitrogens with one attached hydrogen (secondary N) is 1. The molecule has 0 saturated carbocycles. The molecule has 1 heterocycles. The molecule has 110 valence electrons. The van der Waals surface area contributed by atoms with Crippen molar-refractivity contribution >= 4 is 11.6 Å². The molecule has 0 bridgehead atoms. The minimum Gasteiger partial charge on any atom is -0.339 e. The first-order chi connectivity index (χ1) is 9.54. The number of hydrazine groups is 1. The molecule has 1 aliphatic rings. The summed E-state index contributed by atoms with van der Waals surface area (Å²) >= 11 is 0. The van der Waals surface area contributed by atoms with E-state index in [2.05, 4.69) is 19.3 Å². The number of rotatable bonds is 3. The molecule has 0 unspecified atom stereocenters. The van der Waals surface area contributed by atoms with E-state index in [1.54, 1.807) is 11.0 Å². The van der Waals surface area contributed by atoms with E-state index in [9.17, 15) is 9.18 Å². The number of benzene rings is 1. The second-order valence-corrected chi connectivity index (χ2v) is 5.68. The van der Waals surface area contributed by atoms with Gasteiger partial charge in [-0.15, -0.1) is 0 Å². The molecule has 0 aliphatic carbocycles. The van der Waals surface area contributed by atoms with Crippen molar-refractivity contribution in [2.45, 2.75) is 26.7 Å². The van der Waals surface area contributed by atoms with Crippen molar-refractivity contribution in [1.29, 1.82) is 0 Å². The lowest BCUT2D eigenvalue weighted by molar-refractivity contribution is 0.0668. The van der Waals surface area contributed by atoms with Gasteiger partial charge in [-0.05, 0) is 36.8 Å². The van der Waals surface area contributed by atoms with Crippen LogP contribution in [-0.4, -0.2) is 23.9 Å². The lowest BCUT2D eigenvalue weighted by Crippen LogP contribution is -2.40. The molecule has 0 radical (unpaired) electrons. The Bertz CT molecular complexity index is 482. The molecule has 1 fully saturated rings. The molecule has 2 rings (SSSR count). The zero-order valence-corrected chi connectivity index (χ0v) is 12.0. The van der Waals surface area contributed by atoms with Crippen LogP contribution in [0.4, 0.5) is 10.1 Å². The summed E-state index contributed by atoms with van der Waals surface area (Å²) in [6, 6.07) is 4.43. The number of amides is 1. The molecular weight excluding hydrogens is 257 g/mol. The van der Waals surface area contributed by atoms with Crippen molar-refractivity contribution in [2.75, 3.05) is 18.5 Å². The van der Waals surface area contributed by atoms with E-state index >= 15 is 0 Å². The first kappa shape index (κ1) is 14.8. The molecule has 20 heavy (non-hydrogen) atoms. The van der Waals surface area contributed by atoms with Gasteiger partial charge < -0.3 is 10.3 Å². The van der Waals surface area contributed by atoms with Crippen LogP contribution in [0.5, 0.6) is 0 Å². The normalized spacial score (nSPS) is 16.6. The summed E-state index contributed by atoms with van der Waals surface area (Å²) in [5.74, 6) is 5.97. The number of likely N-dealkylation sites (tertiary alicyclic amines) is 1. The molecule has 0 spiro atoms. The number of nitrogens with two attached hydrogens (primary N) is 1. The van der Waals surface area contributed by atoms with Gasteiger partial charge in [0.15, 0.2) is 0 Å². The number of hydrogen-bond acceptors (Lipinski definition) is 3. The number of halogens is 1. The van der Waals surface area contributed by atoms with Crippen molar-refractivity contribution < 1.29 is 9.18 Å². The summed E-state index contributed by atoms with van der Waals surface area (Å²) in [6.45, 7) is 5.88. The van der Waals surface area contributed by atoms with E-state index in [4.69, 9.17) is 5.84 Å². The summed E-state index contributed by atoms with van der Waals surface area (Å²) in [6.07, 6.45) is 2.01. The molecular formula is C15H22FN3O. The summed E-state index contributed by atoms with van der Waals surface area (Å²) in [5.41, 5.74) is 2.66. The Balaban J connectivity index is 2.11. The number of hydrogen-bond donors (Lipinski definition) is 2. The Morgan fingerprint density at radius 2 is 2.05 bits per heavy atom. The first-order valence-corrected chi connectivity index (χ1v) is 7.09. The summed E-state index contributed by atoms with van der Waals surface area (Å²) in [5, 5.41) is 0. The van der Waals surface area contributed by atoms with Crippen molar-refractivity contribution in [1.82, 2.24) is 4.90 Å². The quantitative estimate of drug-likeness (QED) is 0.660. The van der Waals surface area contributed by atoms with Crippen LogP contribution in [0.1, 0.15) is 37.0 Å². The predicted octanol–water partition coefficient (Wildman–Crippen LogP) is 2.62. The highest BCUT2D eigenvalue weighted by atomic mass is 19.1. The van der Waals surface area contributed by atoms with Crippen molar-refractivity contribution in [3.63, 3.8) is 0 Å². The van der Waals surface area contributed by atoms with Gasteiger partial charge in [0.2, 0.25) is 0 Å². The third kappa shape index (κ3) is 2.93. The lowest BCUT2D eigenvalue weighted by Gasteiger charge is -2.34. The summed E-state index contributed by atoms with van der Waals surface area (Å²) in [4.78, 5) is 14.3. The zero-order valence-electron chi connectivity index (χ0n) is 12.0. The number of anilines is 1. The van der Waals surface area contributed by atoms with Gasteiger partial charge in [0, 0.05) is 13.1 Å². The van der Waals surface area contributed by atoms with Crippen molar-refractivity contribution in [2.24, 2.45) is 17.7 Å². The number of piperidine rings is 1. The molecule has 1 aromatic carbocycles. The number of para-hydroxylation sites is 1. The fraction of sp³-hybridized carbons (Fsp3) is 0.533. The SMILES string of the molecule is CC(C)C1CCN(C(=O)c2cccc(F)c2NN)CC1. The molecule has 1 saturated heterocycles. The second-order valence-electron chi connectivity index (χ2n) is 5.68. The van der Waals surface area contributed by atoms with Gasteiger partial charge in [-0.2, -0.15) is 0 Å². The molecule has 3 N–H and O–H groups in total. The Morgan fingerprint density at radius 3 is 2.60 bits per heavy atom. The molecule has 0 atom stereocenters. The van der Waals surface area contributed by atoms with E-state index in [1.807, 2.05) is 0 Å². The van der Waals surface area contributed by atoms with E-state index in [0.717, 1.165) is 25.9 Å². The van der Waals surface area contributed by atoms with E-state index < -0.39 is 5.82 Å². The van der Waals surface area contributed by atoms with Gasteiger partial charge in [0.25, 0.3) is 5.91 Å². The van der Waals surface area contributed by atoms with Crippen molar-refractivity contribution in [3.05, 3.63) is 29.6 Å². The molecule has 1 aliphatic heterocycles. The topological polar surface area (TPSA) is 58.4 Å². The zero-order chi connectivity index (χ0) is 14.7. The number of nitrogen functional groups attached to an aromatic ring is 1. The Labute approximate surface area is 119 Å². The largest absolute Gasteiger partial charge is 0.339 e. The maximum absolute atomic E-state index is 13.6. The van der Waals surface area contributed by atoms with Crippen LogP contribution >= 0.6 is 0 Å². The van der Waals surface area contributed by atoms with Gasteiger partial charge in [0.05, 0.1) is 11.3 Å². The van der Waals surface area contributed by atoms with Gasteiger partial charge in [0.1, 0.15) is 5.82 Å². The average molecular weight is 279 g/mol. The average Bonchev–Trinajstić information content (AvgIpc) is 2.46. The number of carbonyl (C=O) groups excluding carboxylic acids is 1. The van der Waals surface area contributed by atoms with Gasteiger partial charge in [-0.1, -0.05) is 19.9 Å². The summed E-state index contributed by atoms with van der Waals surface area (Å²) < 4.78 is 13.6. The fourth-order valence-corrected chi connectivity index (χ4v) is 2.79. The lowest BCUT2D eigenvalue weighted by atomic mass is 9.86. The van der Waals surface area contributed by atoms with Crippen LogP contribution < -0.4 is 11.3 Å². The molecule has 1 amide bonds. The number of nitrogens with zero attached hydrogens (tertiary/aromatic N) is 1. The number of carbonyl (C=O) groups is 1. The Kier molecular flexibility index (Phi) is 4.60. The van der Waals surface area contributed by atoms with E-state index in [1.165, 1.54) is 12.1 Å². The third-order valence-corrected chi connectivity index (χ3v) is 4.16. The highest BCUT2D eigenvalue weighted by Crippen LogP contribution is 2.27. The predicted molar refractivity (Wildman–Crippen MR) is 77.7 cm³/mol. The Hall–Kier alpha value is -1.62. The van der Waals surface area contributed by atoms with Crippen LogP contribution in [0.2, 0.25) is 0 Å². The summed E-state index contributed by atoms with van der Waals surface area (Å²) in [7, 11) is 0. The highest BCUT2D eigenvalue weighted by Gasteiger charge is 2.26. The van der Waals surface area contributed by atoms with E-state index in [0.29, 0.717) is 17.4 Å². The van der Waals surface area contributed by atoms with Gasteiger partial charge in [-0.3, -0.25) is 10.6 Å². The monoisotopic (exact) mass is 279 g/mol. The Morgan fingerprint density at radius 1 is 1.40 bits per heavy atom. The molecule has 0 aromatic heterocycles.